The predicted octanol–water partition coefficient (Wildman–Crippen LogP) is 4.64. The molecule has 0 aliphatic carbocycles. The van der Waals surface area contributed by atoms with Gasteiger partial charge in [0.05, 0.1) is 43.0 Å². The molecule has 258 valence electrons. The Morgan fingerprint density at radius 3 is 2.46 bits per heavy atom. The molecule has 1 N–H and O–H groups in total. The van der Waals surface area contributed by atoms with E-state index in [1.165, 1.54) is 18.3 Å². The van der Waals surface area contributed by atoms with Gasteiger partial charge in [-0.05, 0) is 49.9 Å². The van der Waals surface area contributed by atoms with E-state index >= 15 is 4.39 Å². The van der Waals surface area contributed by atoms with E-state index in [0.29, 0.717) is 54.9 Å². The maximum atomic E-state index is 15.1. The third-order valence-corrected chi connectivity index (χ3v) is 11.2. The Balaban J connectivity index is 1.12. The summed E-state index contributed by atoms with van der Waals surface area (Å²) >= 11 is 0. The van der Waals surface area contributed by atoms with Crippen LogP contribution in [-0.4, -0.2) is 100 Å². The first-order chi connectivity index (χ1) is 23.1. The van der Waals surface area contributed by atoms with Gasteiger partial charge >= 0.3 is 0 Å². The van der Waals surface area contributed by atoms with Gasteiger partial charge in [0, 0.05) is 81.2 Å². The number of aryl methyl sites for hydroxylation is 2. The van der Waals surface area contributed by atoms with Gasteiger partial charge in [0.15, 0.2) is 5.82 Å². The predicted molar refractivity (Wildman–Crippen MR) is 186 cm³/mol. The summed E-state index contributed by atoms with van der Waals surface area (Å²) in [5.74, 6) is 1.26. The van der Waals surface area contributed by atoms with Crippen molar-refractivity contribution in [1.82, 2.24) is 14.9 Å². The maximum absolute atomic E-state index is 15.1. The molecule has 0 bridgehead atoms. The topological polar surface area (TPSA) is 103 Å². The van der Waals surface area contributed by atoms with Crippen molar-refractivity contribution in [3.63, 3.8) is 0 Å². The Morgan fingerprint density at radius 2 is 1.71 bits per heavy atom. The molecule has 4 aliphatic rings. The van der Waals surface area contributed by atoms with E-state index in [4.69, 9.17) is 9.57 Å². The first-order valence-electron chi connectivity index (χ1n) is 17.0. The second-order valence-corrected chi connectivity index (χ2v) is 15.9. The fourth-order valence-corrected chi connectivity index (χ4v) is 8.84. The van der Waals surface area contributed by atoms with Crippen molar-refractivity contribution in [2.45, 2.75) is 45.2 Å². The van der Waals surface area contributed by atoms with E-state index in [1.54, 1.807) is 18.1 Å². The zero-order chi connectivity index (χ0) is 33.4. The van der Waals surface area contributed by atoms with Crippen molar-refractivity contribution in [3.05, 3.63) is 65.2 Å². The molecule has 4 saturated heterocycles. The van der Waals surface area contributed by atoms with Crippen molar-refractivity contribution >= 4 is 38.5 Å². The number of halogens is 1. The van der Waals surface area contributed by atoms with Crippen molar-refractivity contribution in [1.29, 1.82) is 0 Å². The number of ether oxygens (including phenoxy) is 1. The third-order valence-electron chi connectivity index (χ3n) is 10.1. The summed E-state index contributed by atoms with van der Waals surface area (Å²) in [4.78, 5) is 22.3. The molecular formula is C35H46FN7O4S. The van der Waals surface area contributed by atoms with E-state index in [-0.39, 0.29) is 23.5 Å². The summed E-state index contributed by atoms with van der Waals surface area (Å²) in [5, 5.41) is 5.18. The lowest BCUT2D eigenvalue weighted by Gasteiger charge is -2.45. The number of nitrogens with zero attached hydrogens (tertiary/aromatic N) is 6. The Morgan fingerprint density at radius 1 is 0.938 bits per heavy atom. The van der Waals surface area contributed by atoms with Gasteiger partial charge in [-0.15, -0.1) is 0 Å². The Bertz CT molecular complexity index is 1720. The molecule has 0 saturated carbocycles. The van der Waals surface area contributed by atoms with Crippen LogP contribution >= 0.6 is 0 Å². The average molecular weight is 680 g/mol. The SMILES string of the molecule is Cc1cccc([C@H]2CCON2c2cc(Nc3cc(C)c(N4CCC(N5CCOCC5)CC4)c(N4CC(CS(C)(=O)=O)C4)c3)ncn2)c1F. The molecule has 7 rings (SSSR count). The van der Waals surface area contributed by atoms with Crippen LogP contribution in [0.15, 0.2) is 42.7 Å². The van der Waals surface area contributed by atoms with Crippen LogP contribution in [0.3, 0.4) is 0 Å². The highest BCUT2D eigenvalue weighted by molar-refractivity contribution is 7.90. The fourth-order valence-electron chi connectivity index (χ4n) is 7.77. The Labute approximate surface area is 282 Å². The second kappa shape index (κ2) is 13.8. The summed E-state index contributed by atoms with van der Waals surface area (Å²) in [6, 6.07) is 11.9. The van der Waals surface area contributed by atoms with Crippen molar-refractivity contribution in [2.24, 2.45) is 5.92 Å². The summed E-state index contributed by atoms with van der Waals surface area (Å²) < 4.78 is 44.7. The number of morpholine rings is 1. The molecule has 0 radical (unpaired) electrons. The van der Waals surface area contributed by atoms with Crippen LogP contribution in [0.4, 0.5) is 33.1 Å². The van der Waals surface area contributed by atoms with Crippen LogP contribution in [0.2, 0.25) is 0 Å². The van der Waals surface area contributed by atoms with E-state index in [1.807, 2.05) is 18.2 Å². The lowest BCUT2D eigenvalue weighted by atomic mass is 9.97. The van der Waals surface area contributed by atoms with Crippen LogP contribution in [0.5, 0.6) is 0 Å². The number of hydrogen-bond acceptors (Lipinski definition) is 11. The van der Waals surface area contributed by atoms with Gasteiger partial charge in [0.25, 0.3) is 0 Å². The minimum atomic E-state index is -3.04. The normalized spacial score (nSPS) is 21.5. The summed E-state index contributed by atoms with van der Waals surface area (Å²) in [7, 11) is -3.04. The Kier molecular flexibility index (Phi) is 9.47. The molecule has 4 aliphatic heterocycles. The number of benzene rings is 2. The Hall–Kier alpha value is -3.52. The third kappa shape index (κ3) is 7.10. The highest BCUT2D eigenvalue weighted by Gasteiger charge is 2.35. The molecule has 0 amide bonds. The molecule has 0 unspecified atom stereocenters. The van der Waals surface area contributed by atoms with Gasteiger partial charge in [-0.3, -0.25) is 9.74 Å². The number of sulfone groups is 1. The fraction of sp³-hybridized carbons (Fsp3) is 0.543. The zero-order valence-electron chi connectivity index (χ0n) is 28.1. The maximum Gasteiger partial charge on any atom is 0.158 e. The zero-order valence-corrected chi connectivity index (χ0v) is 28.9. The molecule has 2 aromatic carbocycles. The lowest BCUT2D eigenvalue weighted by Crippen LogP contribution is -2.51. The molecule has 11 nitrogen and oxygen atoms in total. The van der Waals surface area contributed by atoms with Crippen LogP contribution in [-0.2, 0) is 19.4 Å². The molecule has 3 aromatic rings. The van der Waals surface area contributed by atoms with Gasteiger partial charge in [-0.2, -0.15) is 0 Å². The van der Waals surface area contributed by atoms with Crippen LogP contribution in [0.1, 0.15) is 42.0 Å². The molecule has 1 atom stereocenters. The lowest BCUT2D eigenvalue weighted by molar-refractivity contribution is 0.0115. The van der Waals surface area contributed by atoms with E-state index in [9.17, 15) is 8.42 Å². The first kappa shape index (κ1) is 33.0. The van der Waals surface area contributed by atoms with E-state index < -0.39 is 9.84 Å². The monoisotopic (exact) mass is 679 g/mol. The van der Waals surface area contributed by atoms with Crippen molar-refractivity contribution in [3.8, 4) is 0 Å². The molecule has 4 fully saturated rings. The molecule has 1 aromatic heterocycles. The molecule has 13 heteroatoms. The second-order valence-electron chi connectivity index (χ2n) is 13.7. The molecule has 5 heterocycles. The minimum Gasteiger partial charge on any atom is -0.379 e. The highest BCUT2D eigenvalue weighted by atomic mass is 32.2. The number of anilines is 5. The first-order valence-corrected chi connectivity index (χ1v) is 19.1. The smallest absolute Gasteiger partial charge is 0.158 e. The van der Waals surface area contributed by atoms with E-state index in [0.717, 1.165) is 69.2 Å². The van der Waals surface area contributed by atoms with Crippen molar-refractivity contribution < 1.29 is 22.4 Å². The van der Waals surface area contributed by atoms with Gasteiger partial charge in [0.2, 0.25) is 0 Å². The molecule has 0 spiro atoms. The summed E-state index contributed by atoms with van der Waals surface area (Å²) in [5.41, 5.74) is 5.56. The van der Waals surface area contributed by atoms with Gasteiger partial charge in [-0.1, -0.05) is 18.2 Å². The van der Waals surface area contributed by atoms with Crippen LogP contribution in [0, 0.1) is 25.6 Å². The molecule has 48 heavy (non-hydrogen) atoms. The minimum absolute atomic E-state index is 0.118. The summed E-state index contributed by atoms with van der Waals surface area (Å²) in [6.07, 6.45) is 5.67. The van der Waals surface area contributed by atoms with E-state index in [2.05, 4.69) is 49.0 Å². The standard InChI is InChI=1S/C35H46FN7O4S/c1-24-5-4-6-29(34(24)36)30-9-14-47-43(30)33-19-32(37-23-38-33)39-27-17-25(2)35(31(18-27)42-20-26(21-42)22-48(3,44)45)41-10-7-28(8-11-41)40-12-15-46-16-13-40/h4-6,17-19,23,26,28,30H,7-16,20-22H2,1-3H3,(H,37,38,39)/t30-/m1/s1. The number of hydrogen-bond donors (Lipinski definition) is 1. The number of hydroxylamine groups is 1. The molecular weight excluding hydrogens is 633 g/mol. The number of nitrogens with one attached hydrogen (secondary N) is 1. The quantitative estimate of drug-likeness (QED) is 0.342. The average Bonchev–Trinajstić information content (AvgIpc) is 3.54. The van der Waals surface area contributed by atoms with Crippen molar-refractivity contribution in [2.75, 3.05) is 91.3 Å². The largest absolute Gasteiger partial charge is 0.379 e. The number of aromatic nitrogens is 2. The van der Waals surface area contributed by atoms with Gasteiger partial charge < -0.3 is 19.9 Å². The van der Waals surface area contributed by atoms with Crippen LogP contribution < -0.4 is 20.2 Å². The van der Waals surface area contributed by atoms with Gasteiger partial charge in [-0.25, -0.2) is 27.8 Å². The highest BCUT2D eigenvalue weighted by Crippen LogP contribution is 2.42. The van der Waals surface area contributed by atoms with Gasteiger partial charge in [0.1, 0.15) is 27.8 Å². The number of rotatable bonds is 9. The summed E-state index contributed by atoms with van der Waals surface area (Å²) in [6.45, 7) is 11.4. The van der Waals surface area contributed by atoms with Crippen LogP contribution in [0.25, 0.3) is 0 Å². The number of piperidine rings is 1.